The maximum atomic E-state index is 12.9. The van der Waals surface area contributed by atoms with E-state index in [-0.39, 0.29) is 5.91 Å². The van der Waals surface area contributed by atoms with Gasteiger partial charge in [0.1, 0.15) is 5.69 Å². The summed E-state index contributed by atoms with van der Waals surface area (Å²) in [6, 6.07) is 9.88. The zero-order valence-corrected chi connectivity index (χ0v) is 15.9. The van der Waals surface area contributed by atoms with E-state index in [4.69, 9.17) is 0 Å². The minimum Gasteiger partial charge on any atom is -0.337 e. The number of imidazole rings is 1. The molecule has 7 heteroatoms. The Kier molecular flexibility index (Phi) is 4.94. The van der Waals surface area contributed by atoms with Gasteiger partial charge in [-0.1, -0.05) is 12.1 Å². The molecule has 1 N–H and O–H groups in total. The predicted octanol–water partition coefficient (Wildman–Crippen LogP) is 2.22. The number of para-hydroxylation sites is 2. The van der Waals surface area contributed by atoms with Crippen molar-refractivity contribution in [3.05, 3.63) is 48.0 Å². The first-order chi connectivity index (χ1) is 13.1. The number of amides is 1. The Morgan fingerprint density at radius 2 is 2.22 bits per heavy atom. The minimum atomic E-state index is 0.00467. The number of hydrogen-bond acceptors (Lipinski definition) is 4. The van der Waals surface area contributed by atoms with Gasteiger partial charge in [-0.3, -0.25) is 9.89 Å². The Morgan fingerprint density at radius 1 is 1.37 bits per heavy atom. The third-order valence-corrected chi connectivity index (χ3v) is 5.35. The summed E-state index contributed by atoms with van der Waals surface area (Å²) in [6.07, 6.45) is 2.97. The molecule has 1 amide bonds. The van der Waals surface area contributed by atoms with Crippen LogP contribution >= 0.6 is 0 Å². The number of fused-ring (bicyclic) bond motifs is 1. The number of H-pyrrole nitrogens is 1. The molecule has 0 radical (unpaired) electrons. The van der Waals surface area contributed by atoms with E-state index in [1.165, 1.54) is 0 Å². The number of rotatable bonds is 6. The molecule has 4 rings (SSSR count). The highest BCUT2D eigenvalue weighted by atomic mass is 16.2. The molecule has 0 bridgehead atoms. The van der Waals surface area contributed by atoms with Crippen LogP contribution < -0.4 is 0 Å². The summed E-state index contributed by atoms with van der Waals surface area (Å²) in [4.78, 5) is 21.5. The van der Waals surface area contributed by atoms with Crippen molar-refractivity contribution < 1.29 is 4.79 Å². The molecule has 1 aromatic carbocycles. The van der Waals surface area contributed by atoms with Gasteiger partial charge >= 0.3 is 0 Å². The molecule has 1 saturated heterocycles. The molecule has 0 aliphatic carbocycles. The highest BCUT2D eigenvalue weighted by Gasteiger charge is 2.25. The molecule has 142 valence electrons. The fourth-order valence-corrected chi connectivity index (χ4v) is 3.88. The average molecular weight is 366 g/mol. The van der Waals surface area contributed by atoms with Crippen molar-refractivity contribution in [2.45, 2.75) is 19.9 Å². The summed E-state index contributed by atoms with van der Waals surface area (Å²) in [5, 5.41) is 7.29. The van der Waals surface area contributed by atoms with Crippen molar-refractivity contribution in [2.75, 3.05) is 33.2 Å². The van der Waals surface area contributed by atoms with E-state index in [0.29, 0.717) is 24.7 Å². The van der Waals surface area contributed by atoms with Crippen LogP contribution in [0.25, 0.3) is 11.0 Å². The van der Waals surface area contributed by atoms with Gasteiger partial charge in [0.25, 0.3) is 5.91 Å². The third-order valence-electron chi connectivity index (χ3n) is 5.35. The maximum Gasteiger partial charge on any atom is 0.274 e. The number of carbonyl (C=O) groups is 1. The Labute approximate surface area is 159 Å². The zero-order chi connectivity index (χ0) is 18.8. The molecular formula is C20H26N6O. The fourth-order valence-electron chi connectivity index (χ4n) is 3.88. The van der Waals surface area contributed by atoms with Gasteiger partial charge in [-0.25, -0.2) is 4.98 Å². The van der Waals surface area contributed by atoms with Crippen LogP contribution in [0, 0.1) is 5.92 Å². The normalized spacial score (nSPS) is 17.6. The fraction of sp³-hybridized carbons (Fsp3) is 0.450. The van der Waals surface area contributed by atoms with Crippen molar-refractivity contribution in [3.8, 4) is 0 Å². The Morgan fingerprint density at radius 3 is 3.00 bits per heavy atom. The van der Waals surface area contributed by atoms with Crippen LogP contribution in [-0.2, 0) is 6.54 Å². The Bertz CT molecular complexity index is 929. The smallest absolute Gasteiger partial charge is 0.274 e. The van der Waals surface area contributed by atoms with E-state index in [0.717, 1.165) is 42.8 Å². The predicted molar refractivity (Wildman–Crippen MR) is 105 cm³/mol. The topological polar surface area (TPSA) is 70.1 Å². The molecular weight excluding hydrogens is 340 g/mol. The van der Waals surface area contributed by atoms with E-state index in [1.54, 1.807) is 0 Å². The first-order valence-electron chi connectivity index (χ1n) is 9.56. The number of benzene rings is 1. The summed E-state index contributed by atoms with van der Waals surface area (Å²) in [5.74, 6) is 0.555. The van der Waals surface area contributed by atoms with Gasteiger partial charge in [-0.2, -0.15) is 5.10 Å². The molecule has 0 spiro atoms. The van der Waals surface area contributed by atoms with Crippen molar-refractivity contribution in [1.82, 2.24) is 29.5 Å². The van der Waals surface area contributed by atoms with Crippen LogP contribution in [-0.4, -0.2) is 68.7 Å². The van der Waals surface area contributed by atoms with Gasteiger partial charge in [-0.05, 0) is 51.1 Å². The second kappa shape index (κ2) is 7.52. The van der Waals surface area contributed by atoms with Crippen LogP contribution in [0.15, 0.2) is 36.7 Å². The summed E-state index contributed by atoms with van der Waals surface area (Å²) in [7, 11) is 2.14. The van der Waals surface area contributed by atoms with Crippen LogP contribution in [0.3, 0.4) is 0 Å². The standard InChI is InChI=1S/C20H26N6O/c1-3-25(12-15-8-9-24(2)11-15)20(27)18-10-16(22-23-18)13-26-14-21-17-6-4-5-7-19(17)26/h4-7,10,14-15H,3,8-9,11-13H2,1-2H3,(H,22,23)/t15-/m1/s1. The van der Waals surface area contributed by atoms with Crippen LogP contribution in [0.4, 0.5) is 0 Å². The average Bonchev–Trinajstić information content (AvgIpc) is 3.40. The molecule has 1 aliphatic heterocycles. The highest BCUT2D eigenvalue weighted by molar-refractivity contribution is 5.92. The summed E-state index contributed by atoms with van der Waals surface area (Å²) in [6.45, 7) is 6.31. The number of carbonyl (C=O) groups excluding carboxylic acids is 1. The van der Waals surface area contributed by atoms with E-state index in [1.807, 2.05) is 48.5 Å². The lowest BCUT2D eigenvalue weighted by Gasteiger charge is -2.23. The summed E-state index contributed by atoms with van der Waals surface area (Å²) < 4.78 is 2.06. The van der Waals surface area contributed by atoms with E-state index < -0.39 is 0 Å². The van der Waals surface area contributed by atoms with E-state index >= 15 is 0 Å². The first-order valence-corrected chi connectivity index (χ1v) is 9.56. The van der Waals surface area contributed by atoms with Gasteiger partial charge in [0.05, 0.1) is 29.6 Å². The monoisotopic (exact) mass is 366 g/mol. The molecule has 2 aromatic heterocycles. The lowest BCUT2D eigenvalue weighted by atomic mass is 10.1. The molecule has 0 saturated carbocycles. The number of nitrogens with zero attached hydrogens (tertiary/aromatic N) is 5. The summed E-state index contributed by atoms with van der Waals surface area (Å²) >= 11 is 0. The van der Waals surface area contributed by atoms with Crippen LogP contribution in [0.5, 0.6) is 0 Å². The van der Waals surface area contributed by atoms with Crippen molar-refractivity contribution in [1.29, 1.82) is 0 Å². The lowest BCUT2D eigenvalue weighted by Crippen LogP contribution is -2.36. The van der Waals surface area contributed by atoms with Gasteiger partial charge < -0.3 is 14.4 Å². The van der Waals surface area contributed by atoms with Crippen molar-refractivity contribution in [2.24, 2.45) is 5.92 Å². The number of nitrogens with one attached hydrogen (secondary N) is 1. The second-order valence-corrected chi connectivity index (χ2v) is 7.40. The van der Waals surface area contributed by atoms with E-state index in [9.17, 15) is 4.79 Å². The molecule has 1 fully saturated rings. The number of aromatic amines is 1. The largest absolute Gasteiger partial charge is 0.337 e. The highest BCUT2D eigenvalue weighted by Crippen LogP contribution is 2.18. The minimum absolute atomic E-state index is 0.00467. The Hall–Kier alpha value is -2.67. The zero-order valence-electron chi connectivity index (χ0n) is 15.9. The number of aromatic nitrogens is 4. The number of hydrogen-bond donors (Lipinski definition) is 1. The molecule has 3 aromatic rings. The maximum absolute atomic E-state index is 12.9. The SMILES string of the molecule is CCN(C[C@@H]1CCN(C)C1)C(=O)c1cc(Cn2cnc3ccccc32)[nH]n1. The molecule has 0 unspecified atom stereocenters. The number of likely N-dealkylation sites (tertiary alicyclic amines) is 1. The molecule has 3 heterocycles. The van der Waals surface area contributed by atoms with E-state index in [2.05, 4.69) is 31.7 Å². The van der Waals surface area contributed by atoms with Gasteiger partial charge in [0.15, 0.2) is 0 Å². The van der Waals surface area contributed by atoms with Crippen molar-refractivity contribution >= 4 is 16.9 Å². The lowest BCUT2D eigenvalue weighted by molar-refractivity contribution is 0.0734. The summed E-state index contributed by atoms with van der Waals surface area (Å²) in [5.41, 5.74) is 3.42. The third kappa shape index (κ3) is 3.73. The quantitative estimate of drug-likeness (QED) is 0.726. The first kappa shape index (κ1) is 17.7. The Balaban J connectivity index is 1.45. The van der Waals surface area contributed by atoms with Gasteiger partial charge in [0.2, 0.25) is 0 Å². The molecule has 27 heavy (non-hydrogen) atoms. The van der Waals surface area contributed by atoms with Crippen molar-refractivity contribution in [3.63, 3.8) is 0 Å². The molecule has 1 aliphatic rings. The molecule has 1 atom stereocenters. The second-order valence-electron chi connectivity index (χ2n) is 7.40. The van der Waals surface area contributed by atoms with Gasteiger partial charge in [-0.15, -0.1) is 0 Å². The van der Waals surface area contributed by atoms with Crippen LogP contribution in [0.1, 0.15) is 29.5 Å². The van der Waals surface area contributed by atoms with Crippen LogP contribution in [0.2, 0.25) is 0 Å². The molecule has 7 nitrogen and oxygen atoms in total. The van der Waals surface area contributed by atoms with Gasteiger partial charge in [0, 0.05) is 19.6 Å².